The molecule has 0 amide bonds. The van der Waals surface area contributed by atoms with Gasteiger partial charge in [0, 0.05) is 0 Å². The van der Waals surface area contributed by atoms with E-state index >= 15 is 0 Å². The molecule has 0 aliphatic heterocycles. The van der Waals surface area contributed by atoms with Gasteiger partial charge in [-0.05, 0) is 29.2 Å². The normalized spacial score (nSPS) is 13.9. The Morgan fingerprint density at radius 1 is 1.24 bits per heavy atom. The highest BCUT2D eigenvalue weighted by Gasteiger charge is 2.38. The van der Waals surface area contributed by atoms with Gasteiger partial charge in [-0.3, -0.25) is 0 Å². The molecule has 0 saturated heterocycles. The fourth-order valence-electron chi connectivity index (χ4n) is 1.59. The summed E-state index contributed by atoms with van der Waals surface area (Å²) in [5.41, 5.74) is 5.95. The highest BCUT2D eigenvalue weighted by molar-refractivity contribution is 5.40. The average molecular weight is 247 g/mol. The smallest absolute Gasteiger partial charge is 0.407 e. The van der Waals surface area contributed by atoms with E-state index < -0.39 is 12.2 Å². The molecule has 1 aromatic rings. The molecular formula is C12H16F3NO. The van der Waals surface area contributed by atoms with Gasteiger partial charge in [0.25, 0.3) is 0 Å². The topological polar surface area (TPSA) is 35.2 Å². The molecule has 0 aromatic heterocycles. The Balaban J connectivity index is 3.17. The van der Waals surface area contributed by atoms with Gasteiger partial charge in [-0.15, -0.1) is 0 Å². The maximum Gasteiger partial charge on any atom is 0.407 e. The van der Waals surface area contributed by atoms with Crippen molar-refractivity contribution in [2.75, 3.05) is 7.11 Å². The molecular weight excluding hydrogens is 231 g/mol. The summed E-state index contributed by atoms with van der Waals surface area (Å²) >= 11 is 0. The molecule has 0 radical (unpaired) electrons. The summed E-state index contributed by atoms with van der Waals surface area (Å²) in [6.45, 7) is 3.78. The van der Waals surface area contributed by atoms with Crippen molar-refractivity contribution in [3.63, 3.8) is 0 Å². The van der Waals surface area contributed by atoms with Gasteiger partial charge in [-0.1, -0.05) is 19.9 Å². The van der Waals surface area contributed by atoms with Gasteiger partial charge in [0.1, 0.15) is 11.8 Å². The minimum atomic E-state index is -4.43. The largest absolute Gasteiger partial charge is 0.496 e. The third kappa shape index (κ3) is 3.12. The lowest BCUT2D eigenvalue weighted by Crippen LogP contribution is -2.28. The first kappa shape index (κ1) is 13.8. The molecule has 0 aliphatic carbocycles. The molecule has 0 fully saturated rings. The Morgan fingerprint density at radius 2 is 1.82 bits per heavy atom. The Morgan fingerprint density at radius 3 is 2.24 bits per heavy atom. The number of nitrogens with two attached hydrogens (primary N) is 1. The van der Waals surface area contributed by atoms with Crippen LogP contribution < -0.4 is 10.5 Å². The van der Waals surface area contributed by atoms with Crippen LogP contribution in [0.3, 0.4) is 0 Å². The van der Waals surface area contributed by atoms with Crippen LogP contribution in [0.4, 0.5) is 13.2 Å². The summed E-state index contributed by atoms with van der Waals surface area (Å²) in [5, 5.41) is 0. The van der Waals surface area contributed by atoms with Crippen molar-refractivity contribution >= 4 is 0 Å². The van der Waals surface area contributed by atoms with Gasteiger partial charge in [0.2, 0.25) is 0 Å². The molecule has 1 unspecified atom stereocenters. The Hall–Kier alpha value is -1.23. The first-order chi connectivity index (χ1) is 7.77. The lowest BCUT2D eigenvalue weighted by molar-refractivity contribution is -0.149. The van der Waals surface area contributed by atoms with E-state index in [4.69, 9.17) is 10.5 Å². The van der Waals surface area contributed by atoms with E-state index in [1.54, 1.807) is 0 Å². The minimum Gasteiger partial charge on any atom is -0.496 e. The van der Waals surface area contributed by atoms with E-state index in [-0.39, 0.29) is 11.5 Å². The number of rotatable bonds is 3. The van der Waals surface area contributed by atoms with E-state index in [1.807, 2.05) is 13.8 Å². The molecule has 5 heteroatoms. The summed E-state index contributed by atoms with van der Waals surface area (Å²) < 4.78 is 42.6. The highest BCUT2D eigenvalue weighted by Crippen LogP contribution is 2.34. The number of hydrogen-bond donors (Lipinski definition) is 1. The molecule has 2 nitrogen and oxygen atoms in total. The predicted octanol–water partition coefficient (Wildman–Crippen LogP) is 3.38. The first-order valence-electron chi connectivity index (χ1n) is 5.27. The van der Waals surface area contributed by atoms with E-state index in [9.17, 15) is 13.2 Å². The number of ether oxygens (including phenoxy) is 1. The summed E-state index contributed by atoms with van der Waals surface area (Å²) in [4.78, 5) is 0. The zero-order valence-electron chi connectivity index (χ0n) is 10.0. The zero-order chi connectivity index (χ0) is 13.2. The number of methoxy groups -OCH3 is 1. The van der Waals surface area contributed by atoms with Crippen LogP contribution in [0.15, 0.2) is 18.2 Å². The van der Waals surface area contributed by atoms with Crippen LogP contribution in [0, 0.1) is 0 Å². The average Bonchev–Trinajstić information content (AvgIpc) is 2.25. The van der Waals surface area contributed by atoms with Crippen molar-refractivity contribution in [3.05, 3.63) is 29.3 Å². The quantitative estimate of drug-likeness (QED) is 0.888. The van der Waals surface area contributed by atoms with Gasteiger partial charge < -0.3 is 10.5 Å². The van der Waals surface area contributed by atoms with Crippen LogP contribution >= 0.6 is 0 Å². The van der Waals surface area contributed by atoms with Crippen molar-refractivity contribution < 1.29 is 17.9 Å². The molecule has 2 N–H and O–H groups in total. The van der Waals surface area contributed by atoms with Crippen LogP contribution in [0.1, 0.15) is 36.9 Å². The van der Waals surface area contributed by atoms with Crippen LogP contribution in [-0.2, 0) is 0 Å². The van der Waals surface area contributed by atoms with Gasteiger partial charge in [-0.2, -0.15) is 13.2 Å². The number of hydrogen-bond acceptors (Lipinski definition) is 2. The third-order valence-electron chi connectivity index (χ3n) is 2.59. The summed E-state index contributed by atoms with van der Waals surface area (Å²) in [6.07, 6.45) is -4.43. The van der Waals surface area contributed by atoms with Crippen LogP contribution in [-0.4, -0.2) is 13.3 Å². The maximum atomic E-state index is 12.5. The van der Waals surface area contributed by atoms with Crippen LogP contribution in [0.2, 0.25) is 0 Å². The molecule has 0 spiro atoms. The molecule has 96 valence electrons. The van der Waals surface area contributed by atoms with Gasteiger partial charge in [0.05, 0.1) is 7.11 Å². The number of halogens is 3. The third-order valence-corrected chi connectivity index (χ3v) is 2.59. The summed E-state index contributed by atoms with van der Waals surface area (Å²) in [5.74, 6) is 0.656. The predicted molar refractivity (Wildman–Crippen MR) is 60.1 cm³/mol. The molecule has 0 heterocycles. The second-order valence-electron chi connectivity index (χ2n) is 4.18. The Labute approximate surface area is 98.6 Å². The van der Waals surface area contributed by atoms with E-state index in [0.717, 1.165) is 5.56 Å². The fourth-order valence-corrected chi connectivity index (χ4v) is 1.59. The standard InChI is InChI=1S/C12H16F3NO/c1-7(2)9-6-8(4-5-10(9)17-3)11(16)12(13,14)15/h4-7,11H,16H2,1-3H3. The highest BCUT2D eigenvalue weighted by atomic mass is 19.4. The summed E-state index contributed by atoms with van der Waals surface area (Å²) in [6, 6.07) is 2.38. The molecule has 0 saturated carbocycles. The van der Waals surface area contributed by atoms with Crippen molar-refractivity contribution in [2.24, 2.45) is 5.73 Å². The van der Waals surface area contributed by atoms with Crippen molar-refractivity contribution in [3.8, 4) is 5.75 Å². The monoisotopic (exact) mass is 247 g/mol. The SMILES string of the molecule is COc1ccc(C(N)C(F)(F)F)cc1C(C)C. The molecule has 17 heavy (non-hydrogen) atoms. The van der Waals surface area contributed by atoms with Gasteiger partial charge in [-0.25, -0.2) is 0 Å². The number of alkyl halides is 3. The lowest BCUT2D eigenvalue weighted by Gasteiger charge is -2.19. The van der Waals surface area contributed by atoms with Crippen LogP contribution in [0.5, 0.6) is 5.75 Å². The van der Waals surface area contributed by atoms with Crippen molar-refractivity contribution in [2.45, 2.75) is 32.0 Å². The molecule has 1 atom stereocenters. The van der Waals surface area contributed by atoms with Crippen LogP contribution in [0.25, 0.3) is 0 Å². The number of benzene rings is 1. The molecule has 0 bridgehead atoms. The van der Waals surface area contributed by atoms with Crippen molar-refractivity contribution in [1.29, 1.82) is 0 Å². The van der Waals surface area contributed by atoms with E-state index in [0.29, 0.717) is 5.75 Å². The zero-order valence-corrected chi connectivity index (χ0v) is 10.0. The van der Waals surface area contributed by atoms with Gasteiger partial charge in [0.15, 0.2) is 0 Å². The van der Waals surface area contributed by atoms with E-state index in [2.05, 4.69) is 0 Å². The fraction of sp³-hybridized carbons (Fsp3) is 0.500. The molecule has 1 aromatic carbocycles. The first-order valence-corrected chi connectivity index (χ1v) is 5.27. The molecule has 0 aliphatic rings. The van der Waals surface area contributed by atoms with Gasteiger partial charge >= 0.3 is 6.18 Å². The minimum absolute atomic E-state index is 0.0574. The second-order valence-corrected chi connectivity index (χ2v) is 4.18. The Kier molecular flexibility index (Phi) is 4.03. The lowest BCUT2D eigenvalue weighted by atomic mass is 9.96. The maximum absolute atomic E-state index is 12.5. The Bertz CT molecular complexity index is 388. The molecule has 1 rings (SSSR count). The second kappa shape index (κ2) is 4.96. The summed E-state index contributed by atoms with van der Waals surface area (Å²) in [7, 11) is 1.49. The van der Waals surface area contributed by atoms with E-state index in [1.165, 1.54) is 25.3 Å². The van der Waals surface area contributed by atoms with Crippen molar-refractivity contribution in [1.82, 2.24) is 0 Å².